The highest BCUT2D eigenvalue weighted by Crippen LogP contribution is 2.30. The fourth-order valence-corrected chi connectivity index (χ4v) is 2.49. The molecular weight excluding hydrogens is 326 g/mol. The molecule has 0 saturated carbocycles. The molecule has 120 valence electrons. The molecule has 8 heteroatoms. The van der Waals surface area contributed by atoms with Gasteiger partial charge in [-0.05, 0) is 12.1 Å². The first kappa shape index (κ1) is 18.2. The summed E-state index contributed by atoms with van der Waals surface area (Å²) in [4.78, 5) is 12.4. The van der Waals surface area contributed by atoms with Crippen LogP contribution in [0, 0.1) is 0 Å². The largest absolute Gasteiger partial charge is 0.496 e. The molecule has 22 heavy (non-hydrogen) atoms. The Balaban J connectivity index is 0.00000242. The number of nitrogens with zero attached hydrogens (tertiary/aromatic N) is 2. The van der Waals surface area contributed by atoms with Crippen molar-refractivity contribution >= 4 is 34.8 Å². The summed E-state index contributed by atoms with van der Waals surface area (Å²) in [5.74, 6) is 0.825. The number of nitrogens with one attached hydrogen (secondary N) is 1. The van der Waals surface area contributed by atoms with E-state index in [0.29, 0.717) is 22.2 Å². The Morgan fingerprint density at radius 2 is 1.77 bits per heavy atom. The van der Waals surface area contributed by atoms with Crippen LogP contribution in [0.25, 0.3) is 0 Å². The van der Waals surface area contributed by atoms with Gasteiger partial charge in [-0.25, -0.2) is 0 Å². The third-order valence-electron chi connectivity index (χ3n) is 2.81. The van der Waals surface area contributed by atoms with Gasteiger partial charge in [-0.2, -0.15) is 0 Å². The molecule has 1 N–H and O–H groups in total. The Morgan fingerprint density at radius 1 is 1.18 bits per heavy atom. The van der Waals surface area contributed by atoms with Gasteiger partial charge in [0.25, 0.3) is 5.91 Å². The van der Waals surface area contributed by atoms with Gasteiger partial charge < -0.3 is 9.47 Å². The average molecular weight is 344 g/mol. The number of methoxy groups -OCH3 is 2. The molecule has 1 aromatic carbocycles. The van der Waals surface area contributed by atoms with Crippen molar-refractivity contribution in [1.82, 2.24) is 10.2 Å². The number of hydrogen-bond donors (Lipinski definition) is 1. The van der Waals surface area contributed by atoms with Gasteiger partial charge in [0, 0.05) is 5.92 Å². The van der Waals surface area contributed by atoms with Crippen molar-refractivity contribution in [3.8, 4) is 11.5 Å². The van der Waals surface area contributed by atoms with E-state index in [1.165, 1.54) is 25.6 Å². The molecule has 0 spiro atoms. The van der Waals surface area contributed by atoms with Gasteiger partial charge in [-0.15, -0.1) is 22.6 Å². The Labute approximate surface area is 139 Å². The molecule has 0 saturated heterocycles. The molecular formula is C14H18ClN3O3S. The molecule has 0 atom stereocenters. The number of rotatable bonds is 5. The summed E-state index contributed by atoms with van der Waals surface area (Å²) in [6, 6.07) is 5.17. The van der Waals surface area contributed by atoms with Crippen LogP contribution in [0.15, 0.2) is 18.2 Å². The molecule has 2 aromatic rings. The highest BCUT2D eigenvalue weighted by Gasteiger charge is 2.20. The van der Waals surface area contributed by atoms with Crippen molar-refractivity contribution in [3.63, 3.8) is 0 Å². The van der Waals surface area contributed by atoms with Gasteiger partial charge >= 0.3 is 0 Å². The Bertz CT molecular complexity index is 624. The first-order valence-corrected chi connectivity index (χ1v) is 7.24. The van der Waals surface area contributed by atoms with Crippen LogP contribution in [0.3, 0.4) is 0 Å². The van der Waals surface area contributed by atoms with Gasteiger partial charge in [0.05, 0.1) is 14.2 Å². The number of halogens is 1. The Hall–Kier alpha value is -1.86. The smallest absolute Gasteiger partial charge is 0.265 e. The van der Waals surface area contributed by atoms with Crippen LogP contribution in [0.5, 0.6) is 11.5 Å². The van der Waals surface area contributed by atoms with E-state index in [2.05, 4.69) is 15.5 Å². The van der Waals surface area contributed by atoms with Crippen LogP contribution in [0.4, 0.5) is 5.13 Å². The molecule has 1 amide bonds. The van der Waals surface area contributed by atoms with Crippen LogP contribution in [0.1, 0.15) is 35.1 Å². The van der Waals surface area contributed by atoms with E-state index in [1.807, 2.05) is 13.8 Å². The van der Waals surface area contributed by atoms with Crippen LogP contribution < -0.4 is 14.8 Å². The standard InChI is InChI=1S/C14H17N3O3S.ClH/c1-8(2)13-16-17-14(21-13)15-12(18)11-9(19-3)6-5-7-10(11)20-4;/h5-8H,1-4H3,(H,15,17,18);1H. The highest BCUT2D eigenvalue weighted by atomic mass is 35.5. The molecule has 6 nitrogen and oxygen atoms in total. The summed E-state index contributed by atoms with van der Waals surface area (Å²) < 4.78 is 10.4. The maximum atomic E-state index is 12.4. The first-order valence-electron chi connectivity index (χ1n) is 6.42. The zero-order chi connectivity index (χ0) is 15.4. The summed E-state index contributed by atoms with van der Waals surface area (Å²) in [6.45, 7) is 4.05. The van der Waals surface area contributed by atoms with E-state index < -0.39 is 0 Å². The fraction of sp³-hybridized carbons (Fsp3) is 0.357. The van der Waals surface area contributed by atoms with E-state index in [9.17, 15) is 4.79 Å². The lowest BCUT2D eigenvalue weighted by Crippen LogP contribution is -2.14. The van der Waals surface area contributed by atoms with Crippen LogP contribution in [-0.4, -0.2) is 30.3 Å². The number of aromatic nitrogens is 2. The number of benzene rings is 1. The minimum Gasteiger partial charge on any atom is -0.496 e. The highest BCUT2D eigenvalue weighted by molar-refractivity contribution is 7.15. The summed E-state index contributed by atoms with van der Waals surface area (Å²) >= 11 is 1.36. The number of anilines is 1. The lowest BCUT2D eigenvalue weighted by atomic mass is 10.1. The molecule has 0 unspecified atom stereocenters. The van der Waals surface area contributed by atoms with Gasteiger partial charge in [0.15, 0.2) is 0 Å². The Morgan fingerprint density at radius 3 is 2.23 bits per heavy atom. The number of amides is 1. The summed E-state index contributed by atoms with van der Waals surface area (Å²) in [5, 5.41) is 12.1. The van der Waals surface area contributed by atoms with Crippen molar-refractivity contribution < 1.29 is 14.3 Å². The minimum atomic E-state index is -0.337. The molecule has 0 radical (unpaired) electrons. The molecule has 0 fully saturated rings. The third kappa shape index (κ3) is 3.86. The van der Waals surface area contributed by atoms with E-state index in [1.54, 1.807) is 18.2 Å². The second kappa shape index (κ2) is 7.95. The number of ether oxygens (including phenoxy) is 2. The molecule has 0 bridgehead atoms. The number of carbonyl (C=O) groups is 1. The summed E-state index contributed by atoms with van der Waals surface area (Å²) in [7, 11) is 3.01. The van der Waals surface area contributed by atoms with Crippen LogP contribution in [0.2, 0.25) is 0 Å². The predicted octanol–water partition coefficient (Wildman–Crippen LogP) is 3.35. The SMILES string of the molecule is COc1cccc(OC)c1C(=O)Nc1nnc(C(C)C)s1.Cl. The number of carbonyl (C=O) groups excluding carboxylic acids is 1. The number of hydrogen-bond acceptors (Lipinski definition) is 6. The monoisotopic (exact) mass is 343 g/mol. The average Bonchev–Trinajstić information content (AvgIpc) is 2.94. The zero-order valence-corrected chi connectivity index (χ0v) is 14.4. The fourth-order valence-electron chi connectivity index (χ4n) is 1.75. The second-order valence-corrected chi connectivity index (χ2v) is 5.60. The van der Waals surface area contributed by atoms with Crippen molar-refractivity contribution in [2.24, 2.45) is 0 Å². The molecule has 0 aliphatic carbocycles. The molecule has 1 heterocycles. The van der Waals surface area contributed by atoms with Crippen LogP contribution >= 0.6 is 23.7 Å². The minimum absolute atomic E-state index is 0. The van der Waals surface area contributed by atoms with Gasteiger partial charge in [-0.1, -0.05) is 31.3 Å². The Kier molecular flexibility index (Phi) is 6.58. The topological polar surface area (TPSA) is 73.3 Å². The van der Waals surface area contributed by atoms with E-state index in [4.69, 9.17) is 9.47 Å². The third-order valence-corrected chi connectivity index (χ3v) is 3.95. The van der Waals surface area contributed by atoms with Gasteiger partial charge in [-0.3, -0.25) is 10.1 Å². The van der Waals surface area contributed by atoms with E-state index >= 15 is 0 Å². The van der Waals surface area contributed by atoms with E-state index in [0.717, 1.165) is 5.01 Å². The predicted molar refractivity (Wildman–Crippen MR) is 88.7 cm³/mol. The van der Waals surface area contributed by atoms with Crippen LogP contribution in [-0.2, 0) is 0 Å². The first-order chi connectivity index (χ1) is 10.1. The van der Waals surface area contributed by atoms with Crippen molar-refractivity contribution in [3.05, 3.63) is 28.8 Å². The van der Waals surface area contributed by atoms with E-state index in [-0.39, 0.29) is 24.2 Å². The molecule has 0 aliphatic heterocycles. The normalized spacial score (nSPS) is 10.0. The lowest BCUT2D eigenvalue weighted by molar-refractivity contribution is 0.102. The summed E-state index contributed by atoms with van der Waals surface area (Å²) in [5.41, 5.74) is 0.337. The van der Waals surface area contributed by atoms with Crippen molar-refractivity contribution in [1.29, 1.82) is 0 Å². The molecule has 2 rings (SSSR count). The second-order valence-electron chi connectivity index (χ2n) is 4.59. The van der Waals surface area contributed by atoms with Crippen molar-refractivity contribution in [2.75, 3.05) is 19.5 Å². The maximum Gasteiger partial charge on any atom is 0.265 e. The lowest BCUT2D eigenvalue weighted by Gasteiger charge is -2.11. The quantitative estimate of drug-likeness (QED) is 0.901. The summed E-state index contributed by atoms with van der Waals surface area (Å²) in [6.07, 6.45) is 0. The van der Waals surface area contributed by atoms with Gasteiger partial charge in [0.1, 0.15) is 22.1 Å². The van der Waals surface area contributed by atoms with Gasteiger partial charge in [0.2, 0.25) is 5.13 Å². The molecule has 0 aliphatic rings. The van der Waals surface area contributed by atoms with Crippen molar-refractivity contribution in [2.45, 2.75) is 19.8 Å². The zero-order valence-electron chi connectivity index (χ0n) is 12.7. The maximum absolute atomic E-state index is 12.4. The molecule has 1 aromatic heterocycles.